The van der Waals surface area contributed by atoms with Crippen molar-refractivity contribution < 1.29 is 80.2 Å². The van der Waals surface area contributed by atoms with Gasteiger partial charge in [-0.05, 0) is 25.7 Å². The number of esters is 4. The van der Waals surface area contributed by atoms with Gasteiger partial charge in [-0.25, -0.2) is 9.13 Å². The largest absolute Gasteiger partial charge is 0.472 e. The molecule has 0 heterocycles. The molecule has 3 N–H and O–H groups in total. The Hall–Kier alpha value is -1.94. The van der Waals surface area contributed by atoms with Gasteiger partial charge in [0.05, 0.1) is 26.4 Å². The van der Waals surface area contributed by atoms with Crippen LogP contribution in [-0.4, -0.2) is 96.7 Å². The zero-order valence-electron chi connectivity index (χ0n) is 51.7. The summed E-state index contributed by atoms with van der Waals surface area (Å²) in [5, 5.41) is 10.5. The Morgan fingerprint density at radius 1 is 0.296 bits per heavy atom. The van der Waals surface area contributed by atoms with Gasteiger partial charge < -0.3 is 33.8 Å². The standard InChI is InChI=1S/C62H120O17P2/c1-5-9-13-17-21-24-25-26-27-28-29-30-33-37-41-45-49-62(67)79-58(53-73-60(65)47-43-39-35-31-22-18-14-10-6-2)55-77-81(70,71)75-51-56(63)50-74-80(68,69)76-54-57(52-72-59(64)46-42-38-34-20-16-12-8-4)78-61(66)48-44-40-36-32-23-19-15-11-7-3/h56-58,63H,5-55H2,1-4H3,(H,68,69)(H,70,71)/t56-,57+,58+/m0/s1. The van der Waals surface area contributed by atoms with Crippen LogP contribution in [0.1, 0.15) is 317 Å². The molecule has 0 radical (unpaired) electrons. The van der Waals surface area contributed by atoms with Gasteiger partial charge in [0.15, 0.2) is 12.2 Å². The number of carbonyl (C=O) groups excluding carboxylic acids is 4. The molecule has 0 saturated heterocycles. The molecule has 5 atom stereocenters. The molecular formula is C62H120O17P2. The molecular weight excluding hydrogens is 1080 g/mol. The van der Waals surface area contributed by atoms with Crippen molar-refractivity contribution in [2.24, 2.45) is 0 Å². The molecule has 19 heteroatoms. The lowest BCUT2D eigenvalue weighted by molar-refractivity contribution is -0.161. The molecule has 2 unspecified atom stereocenters. The lowest BCUT2D eigenvalue weighted by atomic mass is 10.0. The molecule has 0 rings (SSSR count). The van der Waals surface area contributed by atoms with E-state index in [1.165, 1.54) is 135 Å². The van der Waals surface area contributed by atoms with Crippen molar-refractivity contribution in [3.05, 3.63) is 0 Å². The number of phosphoric acid groups is 2. The van der Waals surface area contributed by atoms with E-state index < -0.39 is 97.5 Å². The number of hydrogen-bond acceptors (Lipinski definition) is 15. The van der Waals surface area contributed by atoms with Gasteiger partial charge in [0.2, 0.25) is 0 Å². The molecule has 0 fully saturated rings. The second-order valence-electron chi connectivity index (χ2n) is 22.4. The van der Waals surface area contributed by atoms with Gasteiger partial charge in [-0.2, -0.15) is 0 Å². The topological polar surface area (TPSA) is 237 Å². The third-order valence-corrected chi connectivity index (χ3v) is 16.3. The summed E-state index contributed by atoms with van der Waals surface area (Å²) >= 11 is 0. The van der Waals surface area contributed by atoms with Gasteiger partial charge in [0.25, 0.3) is 0 Å². The molecule has 17 nitrogen and oxygen atoms in total. The number of rotatable bonds is 63. The summed E-state index contributed by atoms with van der Waals surface area (Å²) in [5.41, 5.74) is 0. The minimum atomic E-state index is -4.94. The third-order valence-electron chi connectivity index (χ3n) is 14.4. The first-order valence-corrected chi connectivity index (χ1v) is 35.8. The fourth-order valence-corrected chi connectivity index (χ4v) is 10.9. The zero-order chi connectivity index (χ0) is 59.8. The summed E-state index contributed by atoms with van der Waals surface area (Å²) in [6.07, 6.45) is 41.8. The number of aliphatic hydroxyl groups excluding tert-OH is 1. The van der Waals surface area contributed by atoms with Crippen LogP contribution in [0.3, 0.4) is 0 Å². The molecule has 0 saturated carbocycles. The number of aliphatic hydroxyl groups is 1. The number of phosphoric ester groups is 2. The van der Waals surface area contributed by atoms with Crippen LogP contribution in [-0.2, 0) is 65.4 Å². The number of carbonyl (C=O) groups is 4. The molecule has 0 aliphatic heterocycles. The van der Waals surface area contributed by atoms with Crippen molar-refractivity contribution in [1.82, 2.24) is 0 Å². The van der Waals surface area contributed by atoms with Crippen LogP contribution in [0.4, 0.5) is 0 Å². The van der Waals surface area contributed by atoms with Crippen LogP contribution in [0, 0.1) is 0 Å². The minimum absolute atomic E-state index is 0.106. The average Bonchev–Trinajstić information content (AvgIpc) is 3.44. The minimum Gasteiger partial charge on any atom is -0.462 e. The zero-order valence-corrected chi connectivity index (χ0v) is 53.5. The first-order chi connectivity index (χ1) is 39.2. The Morgan fingerprint density at radius 3 is 0.728 bits per heavy atom. The highest BCUT2D eigenvalue weighted by Crippen LogP contribution is 2.45. The molecule has 0 aromatic carbocycles. The summed E-state index contributed by atoms with van der Waals surface area (Å²) in [7, 11) is -9.87. The van der Waals surface area contributed by atoms with E-state index >= 15 is 0 Å². The monoisotopic (exact) mass is 1200 g/mol. The lowest BCUT2D eigenvalue weighted by Crippen LogP contribution is -2.30. The van der Waals surface area contributed by atoms with Crippen molar-refractivity contribution >= 4 is 39.5 Å². The number of hydrogen-bond donors (Lipinski definition) is 3. The normalized spacial score (nSPS) is 14.2. The van der Waals surface area contributed by atoms with E-state index in [1.54, 1.807) is 0 Å². The fraction of sp³-hybridized carbons (Fsp3) is 0.935. The molecule has 81 heavy (non-hydrogen) atoms. The van der Waals surface area contributed by atoms with Gasteiger partial charge in [-0.3, -0.25) is 37.3 Å². The summed E-state index contributed by atoms with van der Waals surface area (Å²) in [5.74, 6) is -2.14. The predicted molar refractivity (Wildman–Crippen MR) is 322 cm³/mol. The Bertz CT molecular complexity index is 1570. The van der Waals surface area contributed by atoms with Gasteiger partial charge in [0, 0.05) is 25.7 Å². The van der Waals surface area contributed by atoms with Crippen molar-refractivity contribution in [3.8, 4) is 0 Å². The fourth-order valence-electron chi connectivity index (χ4n) is 9.28. The predicted octanol–water partition coefficient (Wildman–Crippen LogP) is 17.2. The van der Waals surface area contributed by atoms with E-state index in [0.717, 1.165) is 103 Å². The van der Waals surface area contributed by atoms with Crippen LogP contribution in [0.5, 0.6) is 0 Å². The Morgan fingerprint density at radius 2 is 0.494 bits per heavy atom. The van der Waals surface area contributed by atoms with Gasteiger partial charge in [0.1, 0.15) is 19.3 Å². The van der Waals surface area contributed by atoms with Crippen molar-refractivity contribution in [3.63, 3.8) is 0 Å². The molecule has 0 aromatic rings. The maximum Gasteiger partial charge on any atom is 0.472 e. The van der Waals surface area contributed by atoms with E-state index in [0.29, 0.717) is 25.7 Å². The maximum atomic E-state index is 12.9. The molecule has 0 aliphatic carbocycles. The number of ether oxygens (including phenoxy) is 4. The van der Waals surface area contributed by atoms with Crippen LogP contribution >= 0.6 is 15.6 Å². The van der Waals surface area contributed by atoms with Gasteiger partial charge in [-0.15, -0.1) is 0 Å². The highest BCUT2D eigenvalue weighted by atomic mass is 31.2. The molecule has 0 aromatic heterocycles. The SMILES string of the molecule is CCCCCCCCCCCCCCCCCCC(=O)O[C@H](COC(=O)CCCCCCCCCCC)COP(=O)(O)OC[C@@H](O)COP(=O)(O)OC[C@@H](COC(=O)CCCCCCCCC)OC(=O)CCCCCCCCCCC. The second-order valence-corrected chi connectivity index (χ2v) is 25.4. The first kappa shape index (κ1) is 79.1. The van der Waals surface area contributed by atoms with Gasteiger partial charge in [-0.1, -0.05) is 265 Å². The molecule has 0 aliphatic rings. The van der Waals surface area contributed by atoms with Crippen LogP contribution in [0.25, 0.3) is 0 Å². The number of unbranched alkanes of at least 4 members (excludes halogenated alkanes) is 37. The Kier molecular flexibility index (Phi) is 55.8. The highest BCUT2D eigenvalue weighted by molar-refractivity contribution is 7.47. The molecule has 480 valence electrons. The quantitative estimate of drug-likeness (QED) is 0.0222. The first-order valence-electron chi connectivity index (χ1n) is 32.8. The molecule has 0 amide bonds. The summed E-state index contributed by atoms with van der Waals surface area (Å²) in [6.45, 7) is 4.81. The summed E-state index contributed by atoms with van der Waals surface area (Å²) in [6, 6.07) is 0. The van der Waals surface area contributed by atoms with E-state index in [9.17, 15) is 43.2 Å². The average molecular weight is 1200 g/mol. The van der Waals surface area contributed by atoms with Crippen molar-refractivity contribution in [2.45, 2.75) is 335 Å². The molecule has 0 spiro atoms. The molecule has 0 bridgehead atoms. The summed E-state index contributed by atoms with van der Waals surface area (Å²) in [4.78, 5) is 71.9. The van der Waals surface area contributed by atoms with Crippen molar-refractivity contribution in [1.29, 1.82) is 0 Å². The maximum absolute atomic E-state index is 12.9. The van der Waals surface area contributed by atoms with Gasteiger partial charge >= 0.3 is 39.5 Å². The van der Waals surface area contributed by atoms with E-state index in [2.05, 4.69) is 27.7 Å². The smallest absolute Gasteiger partial charge is 0.462 e. The summed E-state index contributed by atoms with van der Waals surface area (Å²) < 4.78 is 67.8. The Labute approximate surface area is 492 Å². The van der Waals surface area contributed by atoms with Crippen LogP contribution < -0.4 is 0 Å². The lowest BCUT2D eigenvalue weighted by Gasteiger charge is -2.21. The van der Waals surface area contributed by atoms with Crippen LogP contribution in [0.15, 0.2) is 0 Å². The highest BCUT2D eigenvalue weighted by Gasteiger charge is 2.30. The van der Waals surface area contributed by atoms with Crippen molar-refractivity contribution in [2.75, 3.05) is 39.6 Å². The van der Waals surface area contributed by atoms with Crippen LogP contribution in [0.2, 0.25) is 0 Å². The third kappa shape index (κ3) is 56.9. The van der Waals surface area contributed by atoms with E-state index in [4.69, 9.17) is 37.0 Å². The second kappa shape index (κ2) is 57.2. The van der Waals surface area contributed by atoms with E-state index in [-0.39, 0.29) is 25.7 Å². The Balaban J connectivity index is 5.16. The van der Waals surface area contributed by atoms with E-state index in [1.807, 2.05) is 0 Å².